The number of aromatic amines is 1. The van der Waals surface area contributed by atoms with Crippen LogP contribution in [-0.4, -0.2) is 144 Å². The number of fused-ring (bicyclic) bond motifs is 4. The molecule has 7 N–H and O–H groups in total. The second-order valence-corrected chi connectivity index (χ2v) is 19.0. The van der Waals surface area contributed by atoms with Crippen molar-refractivity contribution in [2.24, 2.45) is 5.73 Å². The number of nitrogens with zero attached hydrogens (tertiary/aromatic N) is 4. The van der Waals surface area contributed by atoms with E-state index in [-0.39, 0.29) is 79.6 Å². The summed E-state index contributed by atoms with van der Waals surface area (Å²) in [5.41, 5.74) is 11.0. The maximum Gasteiger partial charge on any atom is 0.347 e. The Kier molecular flexibility index (Phi) is 17.3. The van der Waals surface area contributed by atoms with E-state index in [0.717, 1.165) is 63.0 Å². The number of carbonyl (C=O) groups is 7. The average Bonchev–Trinajstić information content (AvgIpc) is 3.87. The topological polar surface area (TPSA) is 297 Å². The maximum absolute atomic E-state index is 13.6. The van der Waals surface area contributed by atoms with E-state index in [2.05, 4.69) is 55.7 Å². The molecule has 3 aliphatic rings. The van der Waals surface area contributed by atoms with Crippen LogP contribution in [0, 0.1) is 0 Å². The molecule has 402 valence electrons. The van der Waals surface area contributed by atoms with Crippen molar-refractivity contribution in [3.8, 4) is 22.4 Å². The number of nitrogens with one attached hydrogen (secondary N) is 5. The molecule has 0 bridgehead atoms. The van der Waals surface area contributed by atoms with Crippen LogP contribution in [0.15, 0.2) is 95.9 Å². The molecular weight excluding hydrogens is 993 g/mol. The minimum atomic E-state index is -1.24. The second-order valence-electron chi connectivity index (χ2n) is 19.0. The Balaban J connectivity index is 0.617. The number of imide groups is 2. The van der Waals surface area contributed by atoms with Crippen LogP contribution >= 0.6 is 0 Å². The first-order valence-corrected chi connectivity index (χ1v) is 25.7. The summed E-state index contributed by atoms with van der Waals surface area (Å²) in [6.45, 7) is 2.98. The van der Waals surface area contributed by atoms with Gasteiger partial charge >= 0.3 is 5.69 Å². The molecule has 7 amide bonds. The van der Waals surface area contributed by atoms with Gasteiger partial charge in [0.1, 0.15) is 6.04 Å². The molecule has 1 saturated heterocycles. The minimum absolute atomic E-state index is 0.0202. The van der Waals surface area contributed by atoms with Gasteiger partial charge in [0.05, 0.1) is 87.7 Å². The first-order chi connectivity index (χ1) is 37.4. The summed E-state index contributed by atoms with van der Waals surface area (Å²) in [4.78, 5) is 108. The van der Waals surface area contributed by atoms with Crippen molar-refractivity contribution in [1.82, 2.24) is 45.7 Å². The number of aromatic nitrogens is 4. The molecule has 2 fully saturated rings. The summed E-state index contributed by atoms with van der Waals surface area (Å²) in [5.74, 6) is -5.57. The Morgan fingerprint density at radius 3 is 2.08 bits per heavy atom. The van der Waals surface area contributed by atoms with Crippen molar-refractivity contribution in [1.29, 1.82) is 0 Å². The normalized spacial score (nSPS) is 16.5. The van der Waals surface area contributed by atoms with Gasteiger partial charge in [-0.25, -0.2) is 19.3 Å². The number of amides is 7. The monoisotopic (exact) mass is 1050 g/mol. The summed E-state index contributed by atoms with van der Waals surface area (Å²) in [6, 6.07) is 25.4. The zero-order valence-corrected chi connectivity index (χ0v) is 42.3. The Labute approximate surface area is 441 Å². The van der Waals surface area contributed by atoms with E-state index in [9.17, 15) is 38.4 Å². The van der Waals surface area contributed by atoms with Gasteiger partial charge in [-0.2, -0.15) is 5.10 Å². The fourth-order valence-corrected chi connectivity index (χ4v) is 9.95. The third-order valence-corrected chi connectivity index (χ3v) is 14.1. The highest BCUT2D eigenvalue weighted by Gasteiger charge is 2.46. The SMILES string of the molecule is NC(=O)C(CC(=O)NCCOCCOCCOCCOCCNC(=O)CNC1(c2ccc(-c3nc4ccn5c(=O)[nH]nc5c4cc3-c3ccccc3)cc2)CCC1)c1cccc2c1C(=O)N(C1CCCC(=O)NC1=O)C2=O. The highest BCUT2D eigenvalue weighted by molar-refractivity contribution is 6.24. The molecule has 0 radical (unpaired) electrons. The van der Waals surface area contributed by atoms with E-state index in [0.29, 0.717) is 51.6 Å². The number of H-pyrrole nitrogens is 1. The zero-order chi connectivity index (χ0) is 53.9. The van der Waals surface area contributed by atoms with Gasteiger partial charge in [0.25, 0.3) is 11.8 Å². The summed E-state index contributed by atoms with van der Waals surface area (Å²) >= 11 is 0. The number of rotatable bonds is 26. The molecule has 1 saturated carbocycles. The Morgan fingerprint density at radius 1 is 0.740 bits per heavy atom. The second kappa shape index (κ2) is 24.8. The lowest BCUT2D eigenvalue weighted by molar-refractivity contribution is -0.131. The van der Waals surface area contributed by atoms with Crippen molar-refractivity contribution < 1.29 is 52.5 Å². The molecule has 0 spiro atoms. The predicted octanol–water partition coefficient (Wildman–Crippen LogP) is 2.62. The van der Waals surface area contributed by atoms with E-state index in [4.69, 9.17) is 29.7 Å². The quantitative estimate of drug-likeness (QED) is 0.0336. The number of ether oxygens (including phenoxy) is 4. The van der Waals surface area contributed by atoms with Crippen LogP contribution in [-0.2, 0) is 48.5 Å². The molecule has 22 heteroatoms. The Morgan fingerprint density at radius 2 is 1.42 bits per heavy atom. The van der Waals surface area contributed by atoms with Crippen LogP contribution in [0.25, 0.3) is 38.9 Å². The highest BCUT2D eigenvalue weighted by Crippen LogP contribution is 2.42. The van der Waals surface area contributed by atoms with Crippen molar-refractivity contribution in [3.63, 3.8) is 0 Å². The number of carbonyl (C=O) groups excluding carboxylic acids is 7. The van der Waals surface area contributed by atoms with Crippen molar-refractivity contribution >= 4 is 57.9 Å². The van der Waals surface area contributed by atoms with Gasteiger partial charge in [0.2, 0.25) is 29.5 Å². The lowest BCUT2D eigenvalue weighted by Gasteiger charge is -2.43. The molecule has 6 aromatic rings. The number of hydrogen-bond donors (Lipinski definition) is 6. The van der Waals surface area contributed by atoms with Crippen LogP contribution in [0.1, 0.15) is 82.7 Å². The van der Waals surface area contributed by atoms with Gasteiger partial charge < -0.3 is 35.3 Å². The molecule has 2 atom stereocenters. The first-order valence-electron chi connectivity index (χ1n) is 25.7. The van der Waals surface area contributed by atoms with E-state index < -0.39 is 53.8 Å². The smallest absolute Gasteiger partial charge is 0.347 e. The third kappa shape index (κ3) is 12.3. The lowest BCUT2D eigenvalue weighted by Crippen LogP contribution is -2.51. The summed E-state index contributed by atoms with van der Waals surface area (Å²) in [5, 5.41) is 18.8. The maximum atomic E-state index is 13.6. The number of hydrogen-bond acceptors (Lipinski definition) is 15. The minimum Gasteiger partial charge on any atom is -0.377 e. The van der Waals surface area contributed by atoms with Crippen LogP contribution in [0.3, 0.4) is 0 Å². The van der Waals surface area contributed by atoms with E-state index >= 15 is 0 Å². The number of benzene rings is 3. The molecule has 3 aromatic heterocycles. The molecule has 9 rings (SSSR count). The molecule has 22 nitrogen and oxygen atoms in total. The summed E-state index contributed by atoms with van der Waals surface area (Å²) in [6.07, 6.45) is 4.61. The largest absolute Gasteiger partial charge is 0.377 e. The van der Waals surface area contributed by atoms with Gasteiger partial charge in [-0.1, -0.05) is 66.7 Å². The zero-order valence-electron chi connectivity index (χ0n) is 42.3. The van der Waals surface area contributed by atoms with Crippen LogP contribution in [0.5, 0.6) is 0 Å². The molecule has 2 aliphatic heterocycles. The number of primary amides is 1. The highest BCUT2D eigenvalue weighted by atomic mass is 16.6. The molecule has 2 unspecified atom stereocenters. The van der Waals surface area contributed by atoms with E-state index in [1.807, 2.05) is 42.5 Å². The summed E-state index contributed by atoms with van der Waals surface area (Å²) in [7, 11) is 0. The molecule has 5 heterocycles. The van der Waals surface area contributed by atoms with Gasteiger partial charge in [0, 0.05) is 54.2 Å². The number of nitrogens with two attached hydrogens (primary N) is 1. The average molecular weight is 1050 g/mol. The predicted molar refractivity (Wildman–Crippen MR) is 279 cm³/mol. The van der Waals surface area contributed by atoms with Crippen LogP contribution < -0.4 is 32.7 Å². The van der Waals surface area contributed by atoms with Crippen molar-refractivity contribution in [2.75, 3.05) is 72.5 Å². The van der Waals surface area contributed by atoms with Crippen LogP contribution in [0.4, 0.5) is 0 Å². The standard InChI is InChI=1S/C55H60N10O12/c56-49(69)40(37-9-4-10-38-47(37)53(72)65(52(38)71)43-11-5-12-44(66)61-51(43)70)32-45(67)57-20-23-74-25-27-76-29-30-77-28-26-75-24-21-58-46(68)33-59-55(18-6-19-55)36-15-13-35(14-16-36)48-39(34-7-2-1-3-8-34)31-41-42(60-48)17-22-64-50(41)62-63-54(64)73/h1-4,7-10,13-17,22,31,40,43,59H,5-6,11-12,18-21,23-30,32-33H2,(H2,56,69)(H,57,67)(H,58,68)(H,63,73)(H,61,66,70). The molecule has 77 heavy (non-hydrogen) atoms. The molecule has 3 aromatic carbocycles. The molecular formula is C55H60N10O12. The first kappa shape index (κ1) is 53.8. The number of pyridine rings is 2. The van der Waals surface area contributed by atoms with E-state index in [1.165, 1.54) is 22.6 Å². The van der Waals surface area contributed by atoms with Gasteiger partial charge in [0.15, 0.2) is 5.65 Å². The van der Waals surface area contributed by atoms with Gasteiger partial charge in [-0.3, -0.25) is 49.1 Å². The van der Waals surface area contributed by atoms with Gasteiger partial charge in [-0.05, 0) is 67.0 Å². The third-order valence-electron chi connectivity index (χ3n) is 14.1. The lowest BCUT2D eigenvalue weighted by atomic mass is 9.71. The Bertz CT molecular complexity index is 3230. The van der Waals surface area contributed by atoms with Crippen molar-refractivity contribution in [3.05, 3.63) is 124 Å². The fraction of sp³-hybridized carbons (Fsp3) is 0.382. The van der Waals surface area contributed by atoms with Crippen molar-refractivity contribution in [2.45, 2.75) is 62.4 Å². The molecule has 1 aliphatic carbocycles. The van der Waals surface area contributed by atoms with E-state index in [1.54, 1.807) is 6.20 Å². The van der Waals surface area contributed by atoms with Crippen LogP contribution in [0.2, 0.25) is 0 Å². The van der Waals surface area contributed by atoms with Gasteiger partial charge in [-0.15, -0.1) is 0 Å². The fourth-order valence-electron chi connectivity index (χ4n) is 9.95. The summed E-state index contributed by atoms with van der Waals surface area (Å²) < 4.78 is 23.8. The Hall–Kier alpha value is -8.02.